The highest BCUT2D eigenvalue weighted by Crippen LogP contribution is 2.51. The molecular weight excluding hydrogens is 838 g/mol. The van der Waals surface area contributed by atoms with Crippen LogP contribution < -0.4 is 26.0 Å². The number of hydrogen-bond acceptors (Lipinski definition) is 4. The Balaban J connectivity index is 1.30. The number of aromatic nitrogens is 2. The third-order valence-corrected chi connectivity index (χ3v) is 13.9. The van der Waals surface area contributed by atoms with Crippen LogP contribution in [0.3, 0.4) is 0 Å². The van der Waals surface area contributed by atoms with E-state index in [2.05, 4.69) is 255 Å². The summed E-state index contributed by atoms with van der Waals surface area (Å²) in [5.74, 6) is 1.77. The van der Waals surface area contributed by atoms with E-state index in [9.17, 15) is 0 Å². The zero-order chi connectivity index (χ0) is 47.8. The fourth-order valence-corrected chi connectivity index (χ4v) is 10.1. The maximum atomic E-state index is 7.23. The van der Waals surface area contributed by atoms with E-state index in [0.29, 0.717) is 0 Å². The molecule has 7 aromatic carbocycles. The SMILES string of the molecule is CC(C)(C)c1cc2c3c(c1)N(c1c(-c4cccc(C(C)(C)C)n4)cc(-c4ccccc4)cc1-c1cccc(C(C)(C)C)n1)c1ccc(-c4ccccc4)cc1B3c1cc(-c3ccccc3)ccc1O2. The van der Waals surface area contributed by atoms with Crippen molar-refractivity contribution in [1.29, 1.82) is 0 Å². The molecule has 2 aromatic heterocycles. The minimum Gasteiger partial charge on any atom is -0.458 e. The predicted octanol–water partition coefficient (Wildman–Crippen LogP) is 15.1. The van der Waals surface area contributed by atoms with Crippen LogP contribution in [-0.2, 0) is 16.2 Å². The molecular formula is C64H58BN3O. The Morgan fingerprint density at radius 3 is 1.39 bits per heavy atom. The Morgan fingerprint density at radius 1 is 0.391 bits per heavy atom. The fourth-order valence-electron chi connectivity index (χ4n) is 10.1. The number of nitrogens with zero attached hydrogens (tertiary/aromatic N) is 3. The number of pyridine rings is 2. The van der Waals surface area contributed by atoms with Crippen LogP contribution in [0.25, 0.3) is 55.9 Å². The number of benzene rings is 7. The van der Waals surface area contributed by atoms with Gasteiger partial charge in [-0.3, -0.25) is 9.97 Å². The van der Waals surface area contributed by atoms with Crippen molar-refractivity contribution in [2.24, 2.45) is 0 Å². The number of hydrogen-bond donors (Lipinski definition) is 0. The topological polar surface area (TPSA) is 38.2 Å². The maximum Gasteiger partial charge on any atom is 0.256 e. The van der Waals surface area contributed by atoms with Gasteiger partial charge in [-0.15, -0.1) is 0 Å². The van der Waals surface area contributed by atoms with Crippen LogP contribution in [0.5, 0.6) is 11.5 Å². The lowest BCUT2D eigenvalue weighted by molar-refractivity contribution is 0.483. The van der Waals surface area contributed by atoms with Gasteiger partial charge in [0.2, 0.25) is 0 Å². The van der Waals surface area contributed by atoms with Crippen LogP contribution in [0.1, 0.15) is 79.3 Å². The molecule has 0 spiro atoms. The average Bonchev–Trinajstić information content (AvgIpc) is 3.35. The summed E-state index contributed by atoms with van der Waals surface area (Å²) >= 11 is 0. The summed E-state index contributed by atoms with van der Waals surface area (Å²) in [6, 6.07) is 68.5. The predicted molar refractivity (Wildman–Crippen MR) is 291 cm³/mol. The van der Waals surface area contributed by atoms with Gasteiger partial charge in [0.25, 0.3) is 6.71 Å². The van der Waals surface area contributed by atoms with Gasteiger partial charge in [0.15, 0.2) is 0 Å². The molecule has 2 aliphatic heterocycles. The third-order valence-electron chi connectivity index (χ3n) is 13.9. The van der Waals surface area contributed by atoms with Crippen molar-refractivity contribution in [3.8, 4) is 67.4 Å². The molecule has 0 amide bonds. The molecule has 69 heavy (non-hydrogen) atoms. The molecule has 0 atom stereocenters. The Labute approximate surface area is 408 Å². The van der Waals surface area contributed by atoms with Crippen LogP contribution in [-0.4, -0.2) is 16.7 Å². The molecule has 0 radical (unpaired) electrons. The molecule has 2 aliphatic rings. The second kappa shape index (κ2) is 16.6. The first kappa shape index (κ1) is 44.0. The second-order valence-electron chi connectivity index (χ2n) is 21.9. The number of ether oxygens (including phenoxy) is 1. The largest absolute Gasteiger partial charge is 0.458 e. The van der Waals surface area contributed by atoms with Gasteiger partial charge in [0, 0.05) is 44.7 Å². The van der Waals surface area contributed by atoms with E-state index in [-0.39, 0.29) is 23.0 Å². The first-order chi connectivity index (χ1) is 33.1. The molecule has 338 valence electrons. The van der Waals surface area contributed by atoms with E-state index in [1.807, 2.05) is 0 Å². The monoisotopic (exact) mass is 895 g/mol. The summed E-state index contributed by atoms with van der Waals surface area (Å²) in [6.45, 7) is 20.2. The van der Waals surface area contributed by atoms with Gasteiger partial charge >= 0.3 is 0 Å². The van der Waals surface area contributed by atoms with Crippen LogP contribution in [0.15, 0.2) is 188 Å². The smallest absolute Gasteiger partial charge is 0.256 e. The molecule has 0 saturated heterocycles. The molecule has 0 bridgehead atoms. The summed E-state index contributed by atoms with van der Waals surface area (Å²) in [6.07, 6.45) is 0. The standard InChI is InChI=1S/C64H58BN3O/c1-62(2,3)47-39-55-60-57(40-47)69-56-34-32-45(42-23-15-11-16-24-42)38-51(56)65(60)50-37-44(41-21-13-10-14-22-41)31-33-54(50)68(55)61-48(52-27-19-29-58(66-52)63(4,5)6)35-46(43-25-17-12-18-26-43)36-49(61)53-28-20-30-59(67-53)64(7,8)9/h10-40H,1-9H3. The van der Waals surface area contributed by atoms with Crippen LogP contribution in [0.4, 0.5) is 17.1 Å². The Morgan fingerprint density at radius 2 is 0.884 bits per heavy atom. The van der Waals surface area contributed by atoms with Gasteiger partial charge < -0.3 is 9.64 Å². The molecule has 0 fully saturated rings. The Kier molecular flexibility index (Phi) is 10.6. The minimum atomic E-state index is -0.195. The summed E-state index contributed by atoms with van der Waals surface area (Å²) in [4.78, 5) is 13.7. The van der Waals surface area contributed by atoms with Gasteiger partial charge in [-0.05, 0) is 121 Å². The molecule has 0 aliphatic carbocycles. The van der Waals surface area contributed by atoms with E-state index in [1.165, 1.54) is 22.2 Å². The van der Waals surface area contributed by atoms with Gasteiger partial charge in [-0.1, -0.05) is 190 Å². The van der Waals surface area contributed by atoms with E-state index in [1.54, 1.807) is 0 Å². The third kappa shape index (κ3) is 8.04. The number of anilines is 3. The molecule has 5 heteroatoms. The highest BCUT2D eigenvalue weighted by Gasteiger charge is 2.44. The van der Waals surface area contributed by atoms with Crippen LogP contribution in [0, 0.1) is 0 Å². The molecule has 0 N–H and O–H groups in total. The van der Waals surface area contributed by atoms with E-state index < -0.39 is 0 Å². The quantitative estimate of drug-likeness (QED) is 0.156. The van der Waals surface area contributed by atoms with Crippen molar-refractivity contribution in [3.05, 3.63) is 205 Å². The van der Waals surface area contributed by atoms with Gasteiger partial charge in [0.1, 0.15) is 11.5 Å². The van der Waals surface area contributed by atoms with Gasteiger partial charge in [-0.25, -0.2) is 0 Å². The average molecular weight is 896 g/mol. The summed E-state index contributed by atoms with van der Waals surface area (Å²) in [5.41, 5.74) is 20.2. The van der Waals surface area contributed by atoms with E-state index in [0.717, 1.165) is 95.6 Å². The lowest BCUT2D eigenvalue weighted by Gasteiger charge is -2.42. The van der Waals surface area contributed by atoms with Crippen LogP contribution in [0.2, 0.25) is 0 Å². The number of rotatable bonds is 6. The van der Waals surface area contributed by atoms with E-state index in [4.69, 9.17) is 14.7 Å². The molecule has 0 unspecified atom stereocenters. The molecule has 9 aromatic rings. The zero-order valence-electron chi connectivity index (χ0n) is 41.2. The van der Waals surface area contributed by atoms with Gasteiger partial charge in [0.05, 0.1) is 17.1 Å². The normalized spacial score (nSPS) is 13.1. The Hall–Kier alpha value is -7.50. The van der Waals surface area contributed by atoms with Gasteiger partial charge in [-0.2, -0.15) is 0 Å². The fraction of sp³-hybridized carbons (Fsp3) is 0.188. The van der Waals surface area contributed by atoms with Crippen molar-refractivity contribution in [1.82, 2.24) is 9.97 Å². The van der Waals surface area contributed by atoms with Crippen molar-refractivity contribution in [2.45, 2.75) is 78.6 Å². The lowest BCUT2D eigenvalue weighted by Crippen LogP contribution is -2.59. The highest BCUT2D eigenvalue weighted by molar-refractivity contribution is 6.99. The van der Waals surface area contributed by atoms with Crippen molar-refractivity contribution in [3.63, 3.8) is 0 Å². The summed E-state index contributed by atoms with van der Waals surface area (Å²) < 4.78 is 7.23. The number of fused-ring (bicyclic) bond motifs is 4. The zero-order valence-corrected chi connectivity index (χ0v) is 41.2. The lowest BCUT2D eigenvalue weighted by atomic mass is 9.34. The highest BCUT2D eigenvalue weighted by atomic mass is 16.5. The van der Waals surface area contributed by atoms with E-state index >= 15 is 0 Å². The maximum absolute atomic E-state index is 7.23. The van der Waals surface area contributed by atoms with Crippen molar-refractivity contribution in [2.75, 3.05) is 4.90 Å². The molecule has 0 saturated carbocycles. The first-order valence-electron chi connectivity index (χ1n) is 24.3. The summed E-state index contributed by atoms with van der Waals surface area (Å²) in [7, 11) is 0. The first-order valence-corrected chi connectivity index (χ1v) is 24.3. The summed E-state index contributed by atoms with van der Waals surface area (Å²) in [5, 5.41) is 0. The van der Waals surface area contributed by atoms with Crippen molar-refractivity contribution >= 4 is 40.2 Å². The van der Waals surface area contributed by atoms with Crippen molar-refractivity contribution < 1.29 is 4.74 Å². The second-order valence-corrected chi connectivity index (χ2v) is 21.9. The molecule has 4 heterocycles. The minimum absolute atomic E-state index is 0.133. The Bertz CT molecular complexity index is 3340. The molecule has 4 nitrogen and oxygen atoms in total. The molecule has 11 rings (SSSR count). The van der Waals surface area contributed by atoms with Crippen LogP contribution >= 0.6 is 0 Å².